The Morgan fingerprint density at radius 2 is 1.26 bits per heavy atom. The van der Waals surface area contributed by atoms with Gasteiger partial charge < -0.3 is 38.2 Å². The SMILES string of the molecule is COCCOCCOCCN1C(=CC=CC2Cc3ccccc3N2CCOCCOCCOC)C(C)(C)c2ccccc21. The lowest BCUT2D eigenvalue weighted by molar-refractivity contribution is 0.0264. The molecule has 0 fully saturated rings. The zero-order valence-electron chi connectivity index (χ0n) is 26.5. The third-order valence-corrected chi connectivity index (χ3v) is 8.06. The Hall–Kier alpha value is -2.72. The van der Waals surface area contributed by atoms with Gasteiger partial charge in [0.25, 0.3) is 0 Å². The zero-order chi connectivity index (χ0) is 30.3. The fraction of sp³-hybridized carbons (Fsp3) is 0.543. The smallest absolute Gasteiger partial charge is 0.0701 e. The third-order valence-electron chi connectivity index (χ3n) is 8.06. The van der Waals surface area contributed by atoms with E-state index in [0.29, 0.717) is 66.1 Å². The van der Waals surface area contributed by atoms with Gasteiger partial charge in [0.2, 0.25) is 0 Å². The van der Waals surface area contributed by atoms with E-state index in [1.807, 2.05) is 0 Å². The highest BCUT2D eigenvalue weighted by Gasteiger charge is 2.39. The standard InChI is InChI=1S/C35H50N2O6/c1-35(2)31-12-6-8-14-33(31)37(17-19-41-25-27-43-23-21-39-4)34(35)15-9-11-30-28-29-10-5-7-13-32(29)36(30)16-18-40-24-26-42-22-20-38-3/h5-15,30H,16-28H2,1-4H3. The number of ether oxygens (including phenoxy) is 6. The van der Waals surface area contributed by atoms with Crippen molar-refractivity contribution in [3.63, 3.8) is 0 Å². The van der Waals surface area contributed by atoms with Crippen LogP contribution in [0.3, 0.4) is 0 Å². The molecule has 4 rings (SSSR count). The van der Waals surface area contributed by atoms with Crippen molar-refractivity contribution >= 4 is 11.4 Å². The number of para-hydroxylation sites is 2. The molecule has 2 heterocycles. The van der Waals surface area contributed by atoms with E-state index in [4.69, 9.17) is 28.4 Å². The Morgan fingerprint density at radius 3 is 1.93 bits per heavy atom. The fourth-order valence-electron chi connectivity index (χ4n) is 5.84. The Bertz CT molecular complexity index is 1170. The predicted molar refractivity (Wildman–Crippen MR) is 172 cm³/mol. The number of hydrogen-bond acceptors (Lipinski definition) is 8. The lowest BCUT2D eigenvalue weighted by atomic mass is 9.84. The van der Waals surface area contributed by atoms with Gasteiger partial charge in [-0.2, -0.15) is 0 Å². The number of allylic oxidation sites excluding steroid dienone is 3. The summed E-state index contributed by atoms with van der Waals surface area (Å²) in [6.45, 7) is 12.2. The van der Waals surface area contributed by atoms with Crippen LogP contribution >= 0.6 is 0 Å². The summed E-state index contributed by atoms with van der Waals surface area (Å²) in [5.74, 6) is 0. The van der Waals surface area contributed by atoms with Crippen LogP contribution in [0, 0.1) is 0 Å². The van der Waals surface area contributed by atoms with Crippen LogP contribution in [-0.4, -0.2) is 99.4 Å². The minimum absolute atomic E-state index is 0.109. The van der Waals surface area contributed by atoms with Gasteiger partial charge in [-0.3, -0.25) is 0 Å². The van der Waals surface area contributed by atoms with Gasteiger partial charge in [0.05, 0.1) is 72.1 Å². The van der Waals surface area contributed by atoms with Crippen LogP contribution in [0.15, 0.2) is 72.5 Å². The van der Waals surface area contributed by atoms with Gasteiger partial charge in [0, 0.05) is 49.8 Å². The summed E-state index contributed by atoms with van der Waals surface area (Å²) in [5.41, 5.74) is 6.45. The van der Waals surface area contributed by atoms with E-state index in [2.05, 4.69) is 90.4 Å². The summed E-state index contributed by atoms with van der Waals surface area (Å²) in [6, 6.07) is 17.7. The van der Waals surface area contributed by atoms with Crippen LogP contribution in [0.25, 0.3) is 0 Å². The molecule has 0 aliphatic carbocycles. The van der Waals surface area contributed by atoms with Gasteiger partial charge in [-0.15, -0.1) is 0 Å². The highest BCUT2D eigenvalue weighted by atomic mass is 16.5. The molecule has 0 saturated carbocycles. The lowest BCUT2D eigenvalue weighted by Gasteiger charge is -2.27. The van der Waals surface area contributed by atoms with Crippen LogP contribution in [0.4, 0.5) is 11.4 Å². The number of nitrogens with zero attached hydrogens (tertiary/aromatic N) is 2. The van der Waals surface area contributed by atoms with E-state index in [9.17, 15) is 0 Å². The van der Waals surface area contributed by atoms with E-state index < -0.39 is 0 Å². The molecule has 0 spiro atoms. The number of methoxy groups -OCH3 is 2. The first-order chi connectivity index (χ1) is 21.1. The van der Waals surface area contributed by atoms with Crippen molar-refractivity contribution in [1.29, 1.82) is 0 Å². The van der Waals surface area contributed by atoms with E-state index in [0.717, 1.165) is 19.5 Å². The Labute approximate surface area is 258 Å². The van der Waals surface area contributed by atoms with Gasteiger partial charge in [0.15, 0.2) is 0 Å². The minimum Gasteiger partial charge on any atom is -0.382 e. The highest BCUT2D eigenvalue weighted by molar-refractivity contribution is 5.70. The molecule has 0 radical (unpaired) electrons. The minimum atomic E-state index is -0.109. The van der Waals surface area contributed by atoms with Crippen molar-refractivity contribution < 1.29 is 28.4 Å². The first kappa shape index (κ1) is 33.2. The van der Waals surface area contributed by atoms with E-state index >= 15 is 0 Å². The predicted octanol–water partition coefficient (Wildman–Crippen LogP) is 5.01. The molecule has 0 saturated heterocycles. The molecule has 2 aliphatic rings. The quantitative estimate of drug-likeness (QED) is 0.198. The van der Waals surface area contributed by atoms with Crippen molar-refractivity contribution in [2.24, 2.45) is 0 Å². The topological polar surface area (TPSA) is 61.9 Å². The molecule has 2 aromatic rings. The van der Waals surface area contributed by atoms with Gasteiger partial charge in [-0.25, -0.2) is 0 Å². The maximum absolute atomic E-state index is 5.94. The molecule has 8 nitrogen and oxygen atoms in total. The van der Waals surface area contributed by atoms with Crippen molar-refractivity contribution in [3.8, 4) is 0 Å². The second kappa shape index (κ2) is 17.5. The lowest BCUT2D eigenvalue weighted by Crippen LogP contribution is -2.33. The van der Waals surface area contributed by atoms with Crippen LogP contribution in [0.1, 0.15) is 25.0 Å². The fourth-order valence-corrected chi connectivity index (χ4v) is 5.84. The van der Waals surface area contributed by atoms with Crippen LogP contribution < -0.4 is 9.80 Å². The molecule has 8 heteroatoms. The zero-order valence-corrected chi connectivity index (χ0v) is 26.5. The molecule has 0 N–H and O–H groups in total. The summed E-state index contributed by atoms with van der Waals surface area (Å²) in [7, 11) is 3.36. The maximum atomic E-state index is 5.94. The van der Waals surface area contributed by atoms with Gasteiger partial charge in [-0.05, 0) is 35.8 Å². The van der Waals surface area contributed by atoms with Crippen LogP contribution in [0.2, 0.25) is 0 Å². The third kappa shape index (κ3) is 9.14. The van der Waals surface area contributed by atoms with E-state index in [-0.39, 0.29) is 11.5 Å². The van der Waals surface area contributed by atoms with Gasteiger partial charge in [-0.1, -0.05) is 62.4 Å². The molecule has 236 valence electrons. The van der Waals surface area contributed by atoms with Gasteiger partial charge >= 0.3 is 0 Å². The molecule has 0 aromatic heterocycles. The number of hydrogen-bond donors (Lipinski definition) is 0. The summed E-state index contributed by atoms with van der Waals surface area (Å²) in [4.78, 5) is 4.88. The molecular formula is C35H50N2O6. The first-order valence-corrected chi connectivity index (χ1v) is 15.5. The normalized spacial score (nSPS) is 18.2. The molecule has 43 heavy (non-hydrogen) atoms. The van der Waals surface area contributed by atoms with E-state index in [1.165, 1.54) is 28.2 Å². The Morgan fingerprint density at radius 1 is 0.698 bits per heavy atom. The molecule has 1 atom stereocenters. The summed E-state index contributed by atoms with van der Waals surface area (Å²) in [6.07, 6.45) is 7.87. The molecule has 2 aromatic carbocycles. The average molecular weight is 595 g/mol. The monoisotopic (exact) mass is 594 g/mol. The van der Waals surface area contributed by atoms with Crippen molar-refractivity contribution in [1.82, 2.24) is 0 Å². The molecule has 2 aliphatic heterocycles. The molecular weight excluding hydrogens is 544 g/mol. The Kier molecular flexibility index (Phi) is 13.5. The number of benzene rings is 2. The Balaban J connectivity index is 1.38. The number of fused-ring (bicyclic) bond motifs is 2. The summed E-state index contributed by atoms with van der Waals surface area (Å²) in [5, 5.41) is 0. The van der Waals surface area contributed by atoms with Crippen molar-refractivity contribution in [3.05, 3.63) is 83.6 Å². The second-order valence-corrected chi connectivity index (χ2v) is 11.3. The van der Waals surface area contributed by atoms with Crippen LogP contribution in [0.5, 0.6) is 0 Å². The molecule has 0 bridgehead atoms. The molecule has 0 amide bonds. The average Bonchev–Trinajstić information content (AvgIpc) is 3.47. The number of rotatable bonds is 20. The first-order valence-electron chi connectivity index (χ1n) is 15.5. The number of anilines is 2. The van der Waals surface area contributed by atoms with Crippen molar-refractivity contribution in [2.75, 3.05) is 103 Å². The van der Waals surface area contributed by atoms with E-state index in [1.54, 1.807) is 14.2 Å². The maximum Gasteiger partial charge on any atom is 0.0701 e. The molecule has 1 unspecified atom stereocenters. The van der Waals surface area contributed by atoms with Crippen LogP contribution in [-0.2, 0) is 40.3 Å². The largest absolute Gasteiger partial charge is 0.382 e. The van der Waals surface area contributed by atoms with Gasteiger partial charge in [0.1, 0.15) is 0 Å². The summed E-state index contributed by atoms with van der Waals surface area (Å²) < 4.78 is 33.0. The van der Waals surface area contributed by atoms with Crippen molar-refractivity contribution in [2.45, 2.75) is 31.7 Å². The highest BCUT2D eigenvalue weighted by Crippen LogP contribution is 2.47. The second-order valence-electron chi connectivity index (χ2n) is 11.3. The summed E-state index contributed by atoms with van der Waals surface area (Å²) >= 11 is 0.